The van der Waals surface area contributed by atoms with Crippen molar-refractivity contribution < 1.29 is 41.7 Å². The molecule has 2 aromatic carbocycles. The third-order valence-corrected chi connectivity index (χ3v) is 7.24. The summed E-state index contributed by atoms with van der Waals surface area (Å²) < 4.78 is 65.0. The number of halogens is 4. The van der Waals surface area contributed by atoms with Gasteiger partial charge in [-0.15, -0.1) is 0 Å². The van der Waals surface area contributed by atoms with E-state index in [1.807, 2.05) is 6.92 Å². The minimum Gasteiger partial charge on any atom is -0.493 e. The molecule has 0 spiro atoms. The molecular weight excluding hydrogens is 570 g/mol. The molecular formula is C31H41F4N3O5. The molecule has 0 saturated carbocycles. The first-order chi connectivity index (χ1) is 20.5. The number of alkyl halides is 3. The lowest BCUT2D eigenvalue weighted by molar-refractivity contribution is -0.137. The third-order valence-electron chi connectivity index (χ3n) is 7.24. The third kappa shape index (κ3) is 11.4. The predicted octanol–water partition coefficient (Wildman–Crippen LogP) is 4.09. The Morgan fingerprint density at radius 1 is 1.19 bits per heavy atom. The Labute approximate surface area is 249 Å². The fourth-order valence-electron chi connectivity index (χ4n) is 5.02. The maximum Gasteiger partial charge on any atom is 0.416 e. The molecule has 1 aliphatic rings. The molecule has 2 aromatic rings. The molecule has 0 fully saturated rings. The van der Waals surface area contributed by atoms with Crippen molar-refractivity contribution in [3.8, 4) is 5.75 Å². The van der Waals surface area contributed by atoms with Crippen molar-refractivity contribution in [2.45, 2.75) is 63.9 Å². The standard InChI is InChI=1S/C31H41F4N3O5/c1-3-10-38-11-9-22(19-42-2)20-43-26-14-23(13-25(32)16-26)15-27(37-29(40)7-8-30(38)41)28(39)18-36-17-21-5-4-6-24(12-21)31(33,34)35/h4-6,12-14,16,22,27-28,36,39H,3,7-11,15,17-20H2,1-2H3,(H,37,40)/t22?,27-,28+/m0/s1. The molecule has 1 unspecified atom stereocenters. The summed E-state index contributed by atoms with van der Waals surface area (Å²) in [6.45, 7) is 3.56. The van der Waals surface area contributed by atoms with Crippen LogP contribution in [-0.4, -0.2) is 73.9 Å². The molecule has 12 heteroatoms. The Hall–Kier alpha value is -3.22. The van der Waals surface area contributed by atoms with Crippen LogP contribution in [-0.2, 0) is 33.5 Å². The van der Waals surface area contributed by atoms with E-state index in [9.17, 15) is 32.3 Å². The number of hydrogen-bond donors (Lipinski definition) is 3. The SMILES string of the molecule is CCCN1CCC(COC)COc2cc(F)cc(c2)C[C@@H]([C@H](O)CNCc2cccc(C(F)(F)F)c2)NC(=O)CCC1=O. The number of aliphatic hydroxyl groups excluding tert-OH is 1. The fourth-order valence-corrected chi connectivity index (χ4v) is 5.02. The van der Waals surface area contributed by atoms with Crippen LogP contribution in [0.15, 0.2) is 42.5 Å². The molecule has 8 nitrogen and oxygen atoms in total. The molecule has 1 heterocycles. The molecule has 0 radical (unpaired) electrons. The highest BCUT2D eigenvalue weighted by molar-refractivity contribution is 5.84. The maximum atomic E-state index is 14.6. The van der Waals surface area contributed by atoms with Gasteiger partial charge in [-0.3, -0.25) is 9.59 Å². The van der Waals surface area contributed by atoms with Crippen molar-refractivity contribution in [1.82, 2.24) is 15.5 Å². The number of nitrogens with zero attached hydrogens (tertiary/aromatic N) is 1. The zero-order valence-electron chi connectivity index (χ0n) is 24.6. The van der Waals surface area contributed by atoms with Crippen LogP contribution < -0.4 is 15.4 Å². The van der Waals surface area contributed by atoms with Gasteiger partial charge in [0, 0.05) is 58.1 Å². The van der Waals surface area contributed by atoms with Crippen LogP contribution in [0.3, 0.4) is 0 Å². The van der Waals surface area contributed by atoms with Gasteiger partial charge in [-0.1, -0.05) is 25.1 Å². The number of benzene rings is 2. The van der Waals surface area contributed by atoms with Gasteiger partial charge in [0.2, 0.25) is 11.8 Å². The van der Waals surface area contributed by atoms with Gasteiger partial charge in [0.1, 0.15) is 11.6 Å². The minimum atomic E-state index is -4.48. The Morgan fingerprint density at radius 2 is 1.98 bits per heavy atom. The van der Waals surface area contributed by atoms with Gasteiger partial charge in [-0.25, -0.2) is 4.39 Å². The topological polar surface area (TPSA) is 100 Å². The second-order valence-corrected chi connectivity index (χ2v) is 10.9. The van der Waals surface area contributed by atoms with Crippen LogP contribution in [0, 0.1) is 11.7 Å². The Balaban J connectivity index is 1.78. The van der Waals surface area contributed by atoms with E-state index in [2.05, 4.69) is 10.6 Å². The van der Waals surface area contributed by atoms with Crippen molar-refractivity contribution in [3.63, 3.8) is 0 Å². The normalized spacial score (nSPS) is 19.9. The number of nitrogens with one attached hydrogen (secondary N) is 2. The van der Waals surface area contributed by atoms with Crippen LogP contribution in [0.1, 0.15) is 49.3 Å². The van der Waals surface area contributed by atoms with Crippen LogP contribution in [0.5, 0.6) is 5.75 Å². The number of ether oxygens (including phenoxy) is 2. The van der Waals surface area contributed by atoms with Crippen LogP contribution in [0.25, 0.3) is 0 Å². The van der Waals surface area contributed by atoms with Crippen LogP contribution in [0.4, 0.5) is 17.6 Å². The quantitative estimate of drug-likeness (QED) is 0.370. The number of carbonyl (C=O) groups is 2. The average Bonchev–Trinajstić information content (AvgIpc) is 2.95. The first-order valence-electron chi connectivity index (χ1n) is 14.5. The second kappa shape index (κ2) is 16.6. The van der Waals surface area contributed by atoms with E-state index in [4.69, 9.17) is 9.47 Å². The zero-order valence-corrected chi connectivity index (χ0v) is 24.6. The number of fused-ring (bicyclic) bond motifs is 2. The molecule has 238 valence electrons. The summed E-state index contributed by atoms with van der Waals surface area (Å²) in [7, 11) is 1.58. The number of aliphatic hydroxyl groups is 1. The van der Waals surface area contributed by atoms with Crippen LogP contribution >= 0.6 is 0 Å². The largest absolute Gasteiger partial charge is 0.493 e. The molecule has 2 amide bonds. The molecule has 3 rings (SSSR count). The summed E-state index contributed by atoms with van der Waals surface area (Å²) in [5.74, 6) is -0.930. The number of amides is 2. The summed E-state index contributed by atoms with van der Waals surface area (Å²) in [4.78, 5) is 27.6. The summed E-state index contributed by atoms with van der Waals surface area (Å²) in [6.07, 6.45) is -4.37. The molecule has 0 aliphatic carbocycles. The van der Waals surface area contributed by atoms with Crippen molar-refractivity contribution in [1.29, 1.82) is 0 Å². The fraction of sp³-hybridized carbons (Fsp3) is 0.548. The van der Waals surface area contributed by atoms with Gasteiger partial charge in [0.05, 0.1) is 30.9 Å². The summed E-state index contributed by atoms with van der Waals surface area (Å²) >= 11 is 0. The van der Waals surface area contributed by atoms with Crippen molar-refractivity contribution in [2.24, 2.45) is 5.92 Å². The van der Waals surface area contributed by atoms with E-state index in [1.54, 1.807) is 18.1 Å². The number of carbonyl (C=O) groups excluding carboxylic acids is 2. The molecule has 3 N–H and O–H groups in total. The van der Waals surface area contributed by atoms with Gasteiger partial charge in [-0.2, -0.15) is 13.2 Å². The lowest BCUT2D eigenvalue weighted by Crippen LogP contribution is -2.49. The van der Waals surface area contributed by atoms with Gasteiger partial charge in [-0.05, 0) is 48.6 Å². The van der Waals surface area contributed by atoms with Crippen LogP contribution in [0.2, 0.25) is 0 Å². The van der Waals surface area contributed by atoms with Gasteiger partial charge in [0.25, 0.3) is 0 Å². The minimum absolute atomic E-state index is 0.0159. The zero-order chi connectivity index (χ0) is 31.4. The molecule has 43 heavy (non-hydrogen) atoms. The first-order valence-corrected chi connectivity index (χ1v) is 14.5. The second-order valence-electron chi connectivity index (χ2n) is 10.9. The van der Waals surface area contributed by atoms with Crippen molar-refractivity contribution in [3.05, 3.63) is 65.0 Å². The maximum absolute atomic E-state index is 14.6. The molecule has 1 aliphatic heterocycles. The monoisotopic (exact) mass is 611 g/mol. The lowest BCUT2D eigenvalue weighted by Gasteiger charge is -2.27. The van der Waals surface area contributed by atoms with Crippen molar-refractivity contribution in [2.75, 3.05) is 40.0 Å². The highest BCUT2D eigenvalue weighted by atomic mass is 19.4. The van der Waals surface area contributed by atoms with E-state index in [-0.39, 0.29) is 56.5 Å². The Bertz CT molecular complexity index is 1200. The van der Waals surface area contributed by atoms with E-state index >= 15 is 0 Å². The molecule has 2 bridgehead atoms. The number of rotatable bonds is 9. The van der Waals surface area contributed by atoms with E-state index < -0.39 is 35.6 Å². The Kier molecular flexibility index (Phi) is 13.2. The highest BCUT2D eigenvalue weighted by Gasteiger charge is 2.30. The number of methoxy groups -OCH3 is 1. The number of hydrogen-bond acceptors (Lipinski definition) is 6. The summed E-state index contributed by atoms with van der Waals surface area (Å²) in [5.41, 5.74) is 0.0672. The first kappa shape index (κ1) is 34.3. The van der Waals surface area contributed by atoms with E-state index in [1.165, 1.54) is 24.3 Å². The van der Waals surface area contributed by atoms with Gasteiger partial charge < -0.3 is 30.1 Å². The summed E-state index contributed by atoms with van der Waals surface area (Å²) in [5, 5.41) is 16.7. The smallest absolute Gasteiger partial charge is 0.416 e. The Morgan fingerprint density at radius 3 is 2.70 bits per heavy atom. The van der Waals surface area contributed by atoms with Crippen molar-refractivity contribution >= 4 is 11.8 Å². The van der Waals surface area contributed by atoms with Gasteiger partial charge in [0.15, 0.2) is 0 Å². The lowest BCUT2D eigenvalue weighted by atomic mass is 10.00. The highest BCUT2D eigenvalue weighted by Crippen LogP contribution is 2.29. The molecule has 0 aromatic heterocycles. The van der Waals surface area contributed by atoms with E-state index in [0.29, 0.717) is 37.2 Å². The molecule has 3 atom stereocenters. The summed E-state index contributed by atoms with van der Waals surface area (Å²) in [6, 6.07) is 8.15. The average molecular weight is 612 g/mol. The van der Waals surface area contributed by atoms with E-state index in [0.717, 1.165) is 18.6 Å². The molecule has 0 saturated heterocycles. The predicted molar refractivity (Wildman–Crippen MR) is 153 cm³/mol. The van der Waals surface area contributed by atoms with Gasteiger partial charge >= 0.3 is 6.18 Å².